The largest absolute Gasteiger partial charge is 0.416 e. The highest BCUT2D eigenvalue weighted by Crippen LogP contribution is 2.29. The molecule has 0 spiro atoms. The summed E-state index contributed by atoms with van der Waals surface area (Å²) < 4.78 is 65.6. The minimum Gasteiger partial charge on any atom is -0.350 e. The summed E-state index contributed by atoms with van der Waals surface area (Å²) in [4.78, 5) is 13.7. The predicted octanol–water partition coefficient (Wildman–Crippen LogP) is 4.02. The normalized spacial score (nSPS) is 12.9. The van der Waals surface area contributed by atoms with Crippen LogP contribution in [0.2, 0.25) is 0 Å². The lowest BCUT2D eigenvalue weighted by molar-refractivity contribution is -0.137. The van der Waals surface area contributed by atoms with Crippen molar-refractivity contribution in [2.45, 2.75) is 12.2 Å². The van der Waals surface area contributed by atoms with E-state index in [1.54, 1.807) is 14.1 Å². The van der Waals surface area contributed by atoms with Crippen molar-refractivity contribution < 1.29 is 26.7 Å². The molecular weight excluding hydrogens is 355 g/mol. The molecule has 8 heteroatoms. The highest BCUT2D eigenvalue weighted by Gasteiger charge is 2.30. The number of carbonyl (C=O) groups excluding carboxylic acids is 1. The van der Waals surface area contributed by atoms with Crippen molar-refractivity contribution in [3.05, 3.63) is 70.8 Å². The molecule has 0 fully saturated rings. The smallest absolute Gasteiger partial charge is 0.350 e. The zero-order valence-electron chi connectivity index (χ0n) is 14.1. The summed E-state index contributed by atoms with van der Waals surface area (Å²) in [6.45, 7) is -0.120. The molecule has 2 rings (SSSR count). The Morgan fingerprint density at radius 3 is 2.04 bits per heavy atom. The Bertz CT molecular complexity index is 752. The van der Waals surface area contributed by atoms with Gasteiger partial charge in [-0.15, -0.1) is 0 Å². The standard InChI is InChI=1S/C18H17F5N2O/c1-25(2)15(16-13(19)4-3-5-14(16)20)10-24-17(26)11-6-8-12(9-7-11)18(21,22)23/h3-9,15H,10H2,1-2H3,(H,24,26). The molecule has 1 N–H and O–H groups in total. The van der Waals surface area contributed by atoms with Gasteiger partial charge in [-0.3, -0.25) is 4.79 Å². The maximum atomic E-state index is 14.0. The Morgan fingerprint density at radius 2 is 1.58 bits per heavy atom. The van der Waals surface area contributed by atoms with E-state index in [0.29, 0.717) is 0 Å². The van der Waals surface area contributed by atoms with Gasteiger partial charge in [0.05, 0.1) is 11.6 Å². The lowest BCUT2D eigenvalue weighted by atomic mass is 10.0. The molecular formula is C18H17F5N2O. The van der Waals surface area contributed by atoms with E-state index >= 15 is 0 Å². The summed E-state index contributed by atoms with van der Waals surface area (Å²) in [6.07, 6.45) is -4.49. The Kier molecular flexibility index (Phi) is 5.97. The van der Waals surface area contributed by atoms with Crippen molar-refractivity contribution in [1.29, 1.82) is 0 Å². The third-order valence-electron chi connectivity index (χ3n) is 3.89. The second-order valence-electron chi connectivity index (χ2n) is 5.90. The first-order valence-corrected chi connectivity index (χ1v) is 7.67. The number of hydrogen-bond acceptors (Lipinski definition) is 2. The van der Waals surface area contributed by atoms with E-state index in [4.69, 9.17) is 0 Å². The number of nitrogens with one attached hydrogen (secondary N) is 1. The molecule has 0 saturated carbocycles. The molecule has 2 aromatic carbocycles. The molecule has 3 nitrogen and oxygen atoms in total. The van der Waals surface area contributed by atoms with Crippen molar-refractivity contribution in [2.75, 3.05) is 20.6 Å². The van der Waals surface area contributed by atoms with Crippen LogP contribution >= 0.6 is 0 Å². The minimum absolute atomic E-state index is 0.0181. The number of nitrogens with zero attached hydrogens (tertiary/aromatic N) is 1. The van der Waals surface area contributed by atoms with Gasteiger partial charge in [0.15, 0.2) is 0 Å². The average molecular weight is 372 g/mol. The fourth-order valence-corrected chi connectivity index (χ4v) is 2.47. The van der Waals surface area contributed by atoms with Crippen LogP contribution in [0.15, 0.2) is 42.5 Å². The number of carbonyl (C=O) groups is 1. The van der Waals surface area contributed by atoms with E-state index in [2.05, 4.69) is 5.32 Å². The van der Waals surface area contributed by atoms with Crippen LogP contribution in [0.4, 0.5) is 22.0 Å². The first kappa shape index (κ1) is 19.8. The van der Waals surface area contributed by atoms with E-state index in [0.717, 1.165) is 36.4 Å². The second kappa shape index (κ2) is 7.82. The van der Waals surface area contributed by atoms with Gasteiger partial charge >= 0.3 is 6.18 Å². The summed E-state index contributed by atoms with van der Waals surface area (Å²) in [6, 6.07) is 6.39. The zero-order valence-corrected chi connectivity index (χ0v) is 14.1. The predicted molar refractivity (Wildman–Crippen MR) is 86.6 cm³/mol. The summed E-state index contributed by atoms with van der Waals surface area (Å²) in [7, 11) is 3.20. The van der Waals surface area contributed by atoms with E-state index in [1.807, 2.05) is 0 Å². The highest BCUT2D eigenvalue weighted by atomic mass is 19.4. The SMILES string of the molecule is CN(C)C(CNC(=O)c1ccc(C(F)(F)F)cc1)c1c(F)cccc1F. The summed E-state index contributed by atoms with van der Waals surface area (Å²) >= 11 is 0. The average Bonchev–Trinajstić information content (AvgIpc) is 2.56. The van der Waals surface area contributed by atoms with Crippen molar-refractivity contribution in [1.82, 2.24) is 10.2 Å². The van der Waals surface area contributed by atoms with Gasteiger partial charge in [0, 0.05) is 17.7 Å². The lowest BCUT2D eigenvalue weighted by Gasteiger charge is -2.26. The number of benzene rings is 2. The molecule has 0 heterocycles. The minimum atomic E-state index is -4.49. The second-order valence-corrected chi connectivity index (χ2v) is 5.90. The maximum absolute atomic E-state index is 14.0. The van der Waals surface area contributed by atoms with E-state index in [9.17, 15) is 26.7 Å². The summed E-state index contributed by atoms with van der Waals surface area (Å²) in [5, 5.41) is 2.50. The number of hydrogen-bond donors (Lipinski definition) is 1. The topological polar surface area (TPSA) is 32.3 Å². The molecule has 26 heavy (non-hydrogen) atoms. The molecule has 2 aromatic rings. The van der Waals surface area contributed by atoms with Crippen molar-refractivity contribution in [3.8, 4) is 0 Å². The lowest BCUT2D eigenvalue weighted by Crippen LogP contribution is -2.35. The summed E-state index contributed by atoms with van der Waals surface area (Å²) in [5.41, 5.74) is -1.04. The molecule has 0 aliphatic rings. The van der Waals surface area contributed by atoms with Gasteiger partial charge in [-0.05, 0) is 50.5 Å². The van der Waals surface area contributed by atoms with Crippen LogP contribution in [0.5, 0.6) is 0 Å². The van der Waals surface area contributed by atoms with Crippen LogP contribution in [0.1, 0.15) is 27.5 Å². The molecule has 1 amide bonds. The number of likely N-dealkylation sites (N-methyl/N-ethyl adjacent to an activating group) is 1. The first-order valence-electron chi connectivity index (χ1n) is 7.67. The van der Waals surface area contributed by atoms with Gasteiger partial charge < -0.3 is 10.2 Å². The van der Waals surface area contributed by atoms with Gasteiger partial charge in [0.25, 0.3) is 5.91 Å². The first-order chi connectivity index (χ1) is 12.1. The number of rotatable bonds is 5. The quantitative estimate of drug-likeness (QED) is 0.805. The number of alkyl halides is 3. The van der Waals surface area contributed by atoms with Crippen LogP contribution in [0.25, 0.3) is 0 Å². The van der Waals surface area contributed by atoms with E-state index in [1.165, 1.54) is 11.0 Å². The fraction of sp³-hybridized carbons (Fsp3) is 0.278. The molecule has 0 aliphatic carbocycles. The highest BCUT2D eigenvalue weighted by molar-refractivity contribution is 5.94. The fourth-order valence-electron chi connectivity index (χ4n) is 2.47. The van der Waals surface area contributed by atoms with Crippen LogP contribution in [-0.4, -0.2) is 31.4 Å². The molecule has 0 radical (unpaired) electrons. The molecule has 0 bridgehead atoms. The van der Waals surface area contributed by atoms with Gasteiger partial charge in [0.1, 0.15) is 11.6 Å². The number of amides is 1. The molecule has 1 unspecified atom stereocenters. The molecule has 0 aliphatic heterocycles. The van der Waals surface area contributed by atoms with Crippen LogP contribution in [0.3, 0.4) is 0 Å². The van der Waals surface area contributed by atoms with Crippen molar-refractivity contribution >= 4 is 5.91 Å². The Hall–Kier alpha value is -2.48. The molecule has 0 aromatic heterocycles. The van der Waals surface area contributed by atoms with Crippen molar-refractivity contribution in [2.24, 2.45) is 0 Å². The van der Waals surface area contributed by atoms with E-state index in [-0.39, 0.29) is 17.7 Å². The maximum Gasteiger partial charge on any atom is 0.416 e. The summed E-state index contributed by atoms with van der Waals surface area (Å²) in [5.74, 6) is -2.12. The van der Waals surface area contributed by atoms with Gasteiger partial charge in [0.2, 0.25) is 0 Å². The zero-order chi connectivity index (χ0) is 19.5. The van der Waals surface area contributed by atoms with Crippen LogP contribution in [-0.2, 0) is 6.18 Å². The van der Waals surface area contributed by atoms with Gasteiger partial charge in [-0.1, -0.05) is 6.07 Å². The Balaban J connectivity index is 2.13. The Morgan fingerprint density at radius 1 is 1.04 bits per heavy atom. The Labute approximate surface area is 147 Å². The van der Waals surface area contributed by atoms with Crippen molar-refractivity contribution in [3.63, 3.8) is 0 Å². The van der Waals surface area contributed by atoms with Gasteiger partial charge in [-0.2, -0.15) is 13.2 Å². The van der Waals surface area contributed by atoms with E-state index < -0.39 is 35.3 Å². The molecule has 140 valence electrons. The number of halogens is 5. The van der Waals surface area contributed by atoms with Gasteiger partial charge in [-0.25, -0.2) is 8.78 Å². The third kappa shape index (κ3) is 4.57. The molecule has 0 saturated heterocycles. The molecule has 1 atom stereocenters. The van der Waals surface area contributed by atoms with Crippen LogP contribution in [0, 0.1) is 11.6 Å². The van der Waals surface area contributed by atoms with Crippen LogP contribution < -0.4 is 5.32 Å². The monoisotopic (exact) mass is 372 g/mol. The third-order valence-corrected chi connectivity index (χ3v) is 3.89.